The summed E-state index contributed by atoms with van der Waals surface area (Å²) in [7, 11) is -1.58. The van der Waals surface area contributed by atoms with Gasteiger partial charge in [0.25, 0.3) is 0 Å². The first-order valence-electron chi connectivity index (χ1n) is 5.52. The average Bonchev–Trinajstić information content (AvgIpc) is 2.30. The molecular weight excluding hydrogens is 312 g/mol. The molecule has 0 atom stereocenters. The Morgan fingerprint density at radius 3 is 1.71 bits per heavy atom. The van der Waals surface area contributed by atoms with Crippen LogP contribution in [0.2, 0.25) is 18.1 Å². The fourth-order valence-electron chi connectivity index (χ4n) is 1.90. The van der Waals surface area contributed by atoms with E-state index in [-0.39, 0.29) is 0 Å². The highest BCUT2D eigenvalue weighted by Gasteiger charge is 2.25. The lowest BCUT2D eigenvalue weighted by molar-refractivity contribution is 1.64. The molecule has 0 aromatic heterocycles. The quantitative estimate of drug-likeness (QED) is 0.734. The summed E-state index contributed by atoms with van der Waals surface area (Å²) in [5, 5.41) is 3.64. The van der Waals surface area contributed by atoms with Crippen LogP contribution in [0, 0.1) is 0 Å². The summed E-state index contributed by atoms with van der Waals surface area (Å²) in [5.74, 6) is 0. The third-order valence-electron chi connectivity index (χ3n) is 3.13. The molecule has 0 bridgehead atoms. The molecule has 17 heavy (non-hydrogen) atoms. The van der Waals surface area contributed by atoms with Crippen LogP contribution < -0.4 is 10.4 Å². The highest BCUT2D eigenvalue weighted by molar-refractivity contribution is 9.10. The second-order valence-electron chi connectivity index (χ2n) is 4.64. The predicted molar refractivity (Wildman–Crippen MR) is 82.3 cm³/mol. The van der Waals surface area contributed by atoms with Gasteiger partial charge in [0.1, 0.15) is 8.07 Å². The van der Waals surface area contributed by atoms with Crippen molar-refractivity contribution in [3.63, 3.8) is 0 Å². The Labute approximate surface area is 117 Å². The molecule has 0 fully saturated rings. The van der Waals surface area contributed by atoms with Crippen molar-refractivity contribution in [2.24, 2.45) is 0 Å². The summed E-state index contributed by atoms with van der Waals surface area (Å²) in [4.78, 5) is 0. The normalized spacial score (nSPS) is 11.5. The van der Waals surface area contributed by atoms with Crippen LogP contribution in [0.4, 0.5) is 0 Å². The van der Waals surface area contributed by atoms with E-state index in [9.17, 15) is 0 Å². The van der Waals surface area contributed by atoms with Gasteiger partial charge in [-0.2, -0.15) is 0 Å². The Morgan fingerprint density at radius 1 is 0.824 bits per heavy atom. The van der Waals surface area contributed by atoms with Crippen molar-refractivity contribution in [1.82, 2.24) is 0 Å². The SMILES string of the molecule is C[Si](C)(c1ccc(Cl)cc1)c1ccc(Br)cc1. The Hall–Kier alpha value is -0.573. The van der Waals surface area contributed by atoms with Gasteiger partial charge in [-0.25, -0.2) is 0 Å². The average molecular weight is 326 g/mol. The minimum absolute atomic E-state index is 0.800. The monoisotopic (exact) mass is 324 g/mol. The minimum atomic E-state index is -1.58. The van der Waals surface area contributed by atoms with E-state index in [1.807, 2.05) is 12.1 Å². The van der Waals surface area contributed by atoms with Gasteiger partial charge >= 0.3 is 0 Å². The first kappa shape index (κ1) is 12.9. The lowest BCUT2D eigenvalue weighted by Gasteiger charge is -2.23. The number of halogens is 2. The van der Waals surface area contributed by atoms with E-state index in [1.54, 1.807) is 0 Å². The smallest absolute Gasteiger partial charge is 0.0843 e. The van der Waals surface area contributed by atoms with Crippen LogP contribution in [0.25, 0.3) is 0 Å². The lowest BCUT2D eigenvalue weighted by Crippen LogP contribution is -2.52. The van der Waals surface area contributed by atoms with Crippen molar-refractivity contribution >= 4 is 46.0 Å². The fraction of sp³-hybridized carbons (Fsp3) is 0.143. The summed E-state index contributed by atoms with van der Waals surface area (Å²) in [6.07, 6.45) is 0. The molecule has 0 aliphatic heterocycles. The topological polar surface area (TPSA) is 0 Å². The van der Waals surface area contributed by atoms with E-state index in [0.29, 0.717) is 0 Å². The number of hydrogen-bond donors (Lipinski definition) is 0. The molecule has 0 spiro atoms. The molecule has 0 saturated carbocycles. The highest BCUT2D eigenvalue weighted by atomic mass is 79.9. The second kappa shape index (κ2) is 4.97. The molecule has 0 aliphatic rings. The molecular formula is C14H14BrClSi. The lowest BCUT2D eigenvalue weighted by atomic mass is 10.4. The van der Waals surface area contributed by atoms with E-state index in [4.69, 9.17) is 11.6 Å². The second-order valence-corrected chi connectivity index (χ2v) is 10.4. The third-order valence-corrected chi connectivity index (χ3v) is 7.47. The highest BCUT2D eigenvalue weighted by Crippen LogP contribution is 2.12. The van der Waals surface area contributed by atoms with Crippen LogP contribution in [0.1, 0.15) is 0 Å². The molecule has 0 N–H and O–H groups in total. The van der Waals surface area contributed by atoms with E-state index in [2.05, 4.69) is 65.4 Å². The molecule has 0 unspecified atom stereocenters. The molecule has 2 rings (SSSR count). The standard InChI is InChI=1S/C14H14BrClSi/c1-17(2,13-7-3-11(15)4-8-13)14-9-5-12(16)6-10-14/h3-10H,1-2H3. The molecule has 0 nitrogen and oxygen atoms in total. The van der Waals surface area contributed by atoms with Crippen LogP contribution in [0.15, 0.2) is 53.0 Å². The molecule has 0 saturated heterocycles. The Kier molecular flexibility index (Phi) is 3.76. The zero-order valence-corrected chi connectivity index (χ0v) is 13.2. The van der Waals surface area contributed by atoms with Crippen molar-refractivity contribution < 1.29 is 0 Å². The molecule has 0 aliphatic carbocycles. The van der Waals surface area contributed by atoms with Gasteiger partial charge in [-0.3, -0.25) is 0 Å². The molecule has 3 heteroatoms. The first-order valence-corrected chi connectivity index (χ1v) is 9.69. The maximum Gasteiger partial charge on any atom is 0.112 e. The fourth-order valence-corrected chi connectivity index (χ4v) is 4.62. The summed E-state index contributed by atoms with van der Waals surface area (Å²) < 4.78 is 1.13. The van der Waals surface area contributed by atoms with E-state index < -0.39 is 8.07 Å². The van der Waals surface area contributed by atoms with E-state index in [1.165, 1.54) is 10.4 Å². The Balaban J connectivity index is 2.41. The van der Waals surface area contributed by atoms with Crippen molar-refractivity contribution in [3.05, 3.63) is 58.0 Å². The van der Waals surface area contributed by atoms with Crippen LogP contribution >= 0.6 is 27.5 Å². The van der Waals surface area contributed by atoms with Gasteiger partial charge in [0, 0.05) is 9.50 Å². The summed E-state index contributed by atoms with van der Waals surface area (Å²) in [6, 6.07) is 16.9. The van der Waals surface area contributed by atoms with Gasteiger partial charge in [-0.15, -0.1) is 0 Å². The minimum Gasteiger partial charge on any atom is -0.0843 e. The van der Waals surface area contributed by atoms with Gasteiger partial charge in [0.2, 0.25) is 0 Å². The van der Waals surface area contributed by atoms with Crippen molar-refractivity contribution in [2.45, 2.75) is 13.1 Å². The molecule has 0 heterocycles. The van der Waals surface area contributed by atoms with Crippen molar-refractivity contribution in [2.75, 3.05) is 0 Å². The van der Waals surface area contributed by atoms with E-state index >= 15 is 0 Å². The Morgan fingerprint density at radius 2 is 1.24 bits per heavy atom. The van der Waals surface area contributed by atoms with Crippen molar-refractivity contribution in [1.29, 1.82) is 0 Å². The zero-order valence-electron chi connectivity index (χ0n) is 9.87. The molecule has 2 aromatic rings. The maximum absolute atomic E-state index is 5.94. The van der Waals surface area contributed by atoms with Gasteiger partial charge in [-0.05, 0) is 24.3 Å². The third kappa shape index (κ3) is 2.82. The van der Waals surface area contributed by atoms with Gasteiger partial charge in [0.05, 0.1) is 0 Å². The van der Waals surface area contributed by atoms with E-state index in [0.717, 1.165) is 9.50 Å². The van der Waals surface area contributed by atoms with Crippen LogP contribution in [0.3, 0.4) is 0 Å². The maximum atomic E-state index is 5.94. The molecule has 0 radical (unpaired) electrons. The van der Waals surface area contributed by atoms with Gasteiger partial charge in [-0.1, -0.05) is 75.3 Å². The first-order chi connectivity index (χ1) is 8.00. The number of rotatable bonds is 2. The summed E-state index contributed by atoms with van der Waals surface area (Å²) in [5.41, 5.74) is 0. The van der Waals surface area contributed by atoms with Crippen LogP contribution in [-0.2, 0) is 0 Å². The molecule has 0 amide bonds. The summed E-state index contributed by atoms with van der Waals surface area (Å²) >= 11 is 9.41. The number of hydrogen-bond acceptors (Lipinski definition) is 0. The van der Waals surface area contributed by atoms with Crippen molar-refractivity contribution in [3.8, 4) is 0 Å². The predicted octanol–water partition coefficient (Wildman–Crippen LogP) is 3.93. The largest absolute Gasteiger partial charge is 0.112 e. The summed E-state index contributed by atoms with van der Waals surface area (Å²) in [6.45, 7) is 4.72. The zero-order chi connectivity index (χ0) is 12.5. The molecule has 88 valence electrons. The Bertz CT molecular complexity index is 455. The van der Waals surface area contributed by atoms with Gasteiger partial charge < -0.3 is 0 Å². The molecule has 2 aromatic carbocycles. The van der Waals surface area contributed by atoms with Crippen LogP contribution in [-0.4, -0.2) is 8.07 Å². The number of benzene rings is 2. The van der Waals surface area contributed by atoms with Crippen LogP contribution in [0.5, 0.6) is 0 Å². The van der Waals surface area contributed by atoms with Gasteiger partial charge in [0.15, 0.2) is 0 Å².